The van der Waals surface area contributed by atoms with Gasteiger partial charge in [-0.3, -0.25) is 9.98 Å². The largest absolute Gasteiger partial charge is 0.280 e. The molecule has 0 aliphatic carbocycles. The zero-order chi connectivity index (χ0) is 30.3. The minimum Gasteiger partial charge on any atom is -0.280 e. The Morgan fingerprint density at radius 2 is 1.09 bits per heavy atom. The number of aliphatic imine (C=N–C) groups is 1. The highest BCUT2D eigenvalue weighted by Gasteiger charge is 2.06. The molecule has 0 unspecified atom stereocenters. The number of pyridine rings is 1. The van der Waals surface area contributed by atoms with Gasteiger partial charge in [0.15, 0.2) is 0 Å². The van der Waals surface area contributed by atoms with Gasteiger partial charge in [-0.1, -0.05) is 164 Å². The first-order valence-electron chi connectivity index (χ1n) is 15.3. The second-order valence-corrected chi connectivity index (χ2v) is 11.0. The predicted octanol–water partition coefficient (Wildman–Crippen LogP) is 10.9. The lowest BCUT2D eigenvalue weighted by molar-refractivity contribution is 1.07. The highest BCUT2D eigenvalue weighted by atomic mass is 14.7. The van der Waals surface area contributed by atoms with Gasteiger partial charge < -0.3 is 0 Å². The number of rotatable bonds is 8. The van der Waals surface area contributed by atoms with Gasteiger partial charge in [0.05, 0.1) is 17.8 Å². The molecule has 2 nitrogen and oxygen atoms in total. The van der Waals surface area contributed by atoms with Crippen LogP contribution in [-0.2, 0) is 6.54 Å². The van der Waals surface area contributed by atoms with Crippen LogP contribution in [0, 0.1) is 0 Å². The Balaban J connectivity index is 1.16. The van der Waals surface area contributed by atoms with Crippen molar-refractivity contribution in [3.63, 3.8) is 0 Å². The maximum Gasteiger partial charge on any atom is 0.0780 e. The molecule has 0 aliphatic rings. The van der Waals surface area contributed by atoms with Crippen LogP contribution in [0.25, 0.3) is 50.4 Å². The first kappa shape index (κ1) is 27.9. The summed E-state index contributed by atoms with van der Waals surface area (Å²) in [5, 5.41) is 1.15. The van der Waals surface area contributed by atoms with Crippen molar-refractivity contribution in [2.45, 2.75) is 6.54 Å². The van der Waals surface area contributed by atoms with Crippen LogP contribution >= 0.6 is 0 Å². The summed E-state index contributed by atoms with van der Waals surface area (Å²) < 4.78 is 0. The SMILES string of the molecule is C(=C\c1ccc(-c2ccccc2)cc1)/C(=N\Cc1ccc(-c2cccc3cccnc23)cc1)c1ccc(-c2ccccc2)cc1. The summed E-state index contributed by atoms with van der Waals surface area (Å²) in [5.41, 5.74) is 12.5. The van der Waals surface area contributed by atoms with Crippen molar-refractivity contribution in [3.8, 4) is 33.4 Å². The molecule has 2 heteroatoms. The summed E-state index contributed by atoms with van der Waals surface area (Å²) in [7, 11) is 0. The van der Waals surface area contributed by atoms with Crippen LogP contribution in [0.15, 0.2) is 181 Å². The van der Waals surface area contributed by atoms with Crippen LogP contribution in [0.4, 0.5) is 0 Å². The van der Waals surface area contributed by atoms with E-state index in [0.29, 0.717) is 6.54 Å². The van der Waals surface area contributed by atoms with Crippen LogP contribution in [0.1, 0.15) is 16.7 Å². The molecule has 1 aromatic heterocycles. The lowest BCUT2D eigenvalue weighted by Crippen LogP contribution is -1.98. The molecule has 0 bridgehead atoms. The van der Waals surface area contributed by atoms with Crippen molar-refractivity contribution in [2.24, 2.45) is 4.99 Å². The summed E-state index contributed by atoms with van der Waals surface area (Å²) in [5.74, 6) is 0. The van der Waals surface area contributed by atoms with Gasteiger partial charge >= 0.3 is 0 Å². The van der Waals surface area contributed by atoms with E-state index in [9.17, 15) is 0 Å². The second kappa shape index (κ2) is 13.2. The fourth-order valence-corrected chi connectivity index (χ4v) is 5.60. The average molecular weight is 577 g/mol. The Labute approximate surface area is 264 Å². The third-order valence-corrected chi connectivity index (χ3v) is 8.07. The maximum absolute atomic E-state index is 5.12. The van der Waals surface area contributed by atoms with Gasteiger partial charge in [-0.25, -0.2) is 0 Å². The van der Waals surface area contributed by atoms with E-state index in [1.807, 2.05) is 24.4 Å². The third-order valence-electron chi connectivity index (χ3n) is 8.07. The minimum absolute atomic E-state index is 0.584. The van der Waals surface area contributed by atoms with Crippen LogP contribution in [0.5, 0.6) is 0 Å². The number of para-hydroxylation sites is 1. The van der Waals surface area contributed by atoms with Crippen molar-refractivity contribution >= 4 is 22.7 Å². The molecule has 6 aromatic carbocycles. The quantitative estimate of drug-likeness (QED) is 0.165. The molecular weight excluding hydrogens is 544 g/mol. The first-order chi connectivity index (χ1) is 22.3. The Hall–Kier alpha value is -5.86. The number of hydrogen-bond acceptors (Lipinski definition) is 2. The standard InChI is InChI=1S/C43H32N2/c1-3-9-34(10-4-1)36-21-16-32(17-22-36)20-29-42(39-27-25-37(26-28-39)35-11-5-2-6-12-35)45-31-33-18-23-38(24-19-33)41-15-7-13-40-14-8-30-44-43(40)41/h1-30H,31H2/b29-20+,45-42+. The first-order valence-corrected chi connectivity index (χ1v) is 15.3. The van der Waals surface area contributed by atoms with Crippen molar-refractivity contribution in [1.29, 1.82) is 0 Å². The lowest BCUT2D eigenvalue weighted by Gasteiger charge is -2.08. The van der Waals surface area contributed by atoms with Gasteiger partial charge in [0.1, 0.15) is 0 Å². The Bertz CT molecular complexity index is 2070. The molecule has 214 valence electrons. The van der Waals surface area contributed by atoms with Gasteiger partial charge in [0, 0.05) is 17.1 Å². The molecule has 0 saturated heterocycles. The van der Waals surface area contributed by atoms with E-state index in [-0.39, 0.29) is 0 Å². The molecule has 0 radical (unpaired) electrons. The number of benzene rings is 6. The van der Waals surface area contributed by atoms with Gasteiger partial charge in [-0.2, -0.15) is 0 Å². The van der Waals surface area contributed by atoms with Gasteiger partial charge in [-0.15, -0.1) is 0 Å². The zero-order valence-electron chi connectivity index (χ0n) is 24.9. The van der Waals surface area contributed by atoms with Crippen molar-refractivity contribution in [1.82, 2.24) is 4.98 Å². The van der Waals surface area contributed by atoms with Gasteiger partial charge in [0.25, 0.3) is 0 Å². The average Bonchev–Trinajstić information content (AvgIpc) is 3.13. The van der Waals surface area contributed by atoms with Crippen molar-refractivity contribution in [3.05, 3.63) is 193 Å². The molecule has 0 N–H and O–H groups in total. The topological polar surface area (TPSA) is 25.2 Å². The summed E-state index contributed by atoms with van der Waals surface area (Å²) >= 11 is 0. The molecule has 0 spiro atoms. The molecule has 0 saturated carbocycles. The van der Waals surface area contributed by atoms with Gasteiger partial charge in [-0.05, 0) is 56.6 Å². The molecule has 0 aliphatic heterocycles. The van der Waals surface area contributed by atoms with Crippen molar-refractivity contribution < 1.29 is 0 Å². The number of hydrogen-bond donors (Lipinski definition) is 0. The number of allylic oxidation sites excluding steroid dienone is 1. The zero-order valence-corrected chi connectivity index (χ0v) is 24.9. The lowest BCUT2D eigenvalue weighted by atomic mass is 10.0. The summed E-state index contributed by atoms with van der Waals surface area (Å²) in [6.07, 6.45) is 6.13. The van der Waals surface area contributed by atoms with Gasteiger partial charge in [0.2, 0.25) is 0 Å². The summed E-state index contributed by atoms with van der Waals surface area (Å²) in [4.78, 5) is 9.75. The number of nitrogens with zero attached hydrogens (tertiary/aromatic N) is 2. The highest BCUT2D eigenvalue weighted by molar-refractivity contribution is 6.11. The normalized spacial score (nSPS) is 11.7. The van der Waals surface area contributed by atoms with Crippen LogP contribution < -0.4 is 0 Å². The van der Waals surface area contributed by atoms with E-state index in [1.54, 1.807) is 0 Å². The molecule has 0 atom stereocenters. The van der Waals surface area contributed by atoms with E-state index in [1.165, 1.54) is 22.3 Å². The number of fused-ring (bicyclic) bond motifs is 1. The maximum atomic E-state index is 5.12. The third kappa shape index (κ3) is 6.56. The van der Waals surface area contributed by atoms with E-state index in [0.717, 1.165) is 44.4 Å². The monoisotopic (exact) mass is 576 g/mol. The fourth-order valence-electron chi connectivity index (χ4n) is 5.60. The van der Waals surface area contributed by atoms with Crippen LogP contribution in [-0.4, -0.2) is 10.7 Å². The smallest absolute Gasteiger partial charge is 0.0780 e. The van der Waals surface area contributed by atoms with E-state index >= 15 is 0 Å². The highest BCUT2D eigenvalue weighted by Crippen LogP contribution is 2.28. The van der Waals surface area contributed by atoms with E-state index < -0.39 is 0 Å². The molecule has 0 amide bonds. The fraction of sp³-hybridized carbons (Fsp3) is 0.0233. The minimum atomic E-state index is 0.584. The Morgan fingerprint density at radius 1 is 0.511 bits per heavy atom. The molecule has 45 heavy (non-hydrogen) atoms. The molecule has 7 rings (SSSR count). The Kier molecular flexibility index (Phi) is 8.19. The molecule has 0 fully saturated rings. The van der Waals surface area contributed by atoms with E-state index in [4.69, 9.17) is 4.99 Å². The van der Waals surface area contributed by atoms with Crippen molar-refractivity contribution in [2.75, 3.05) is 0 Å². The predicted molar refractivity (Wildman–Crippen MR) is 190 cm³/mol. The van der Waals surface area contributed by atoms with Crippen LogP contribution in [0.3, 0.4) is 0 Å². The molecule has 1 heterocycles. The molecule has 7 aromatic rings. The Morgan fingerprint density at radius 3 is 1.76 bits per heavy atom. The van der Waals surface area contributed by atoms with E-state index in [2.05, 4.69) is 163 Å². The van der Waals surface area contributed by atoms with Crippen LogP contribution in [0.2, 0.25) is 0 Å². The molecular formula is C43H32N2. The number of aromatic nitrogens is 1. The summed E-state index contributed by atoms with van der Waals surface area (Å²) in [6.45, 7) is 0.584. The second-order valence-electron chi connectivity index (χ2n) is 11.0. The summed E-state index contributed by atoms with van der Waals surface area (Å²) in [6, 6.07) is 57.4.